The highest BCUT2D eigenvalue weighted by Crippen LogP contribution is 2.28. The third-order valence-electron chi connectivity index (χ3n) is 4.80. The van der Waals surface area contributed by atoms with Gasteiger partial charge in [-0.1, -0.05) is 29.4 Å². The Morgan fingerprint density at radius 2 is 2.10 bits per heavy atom. The lowest BCUT2D eigenvalue weighted by molar-refractivity contribution is -0.171. The molecule has 1 aromatic carbocycles. The van der Waals surface area contributed by atoms with Crippen LogP contribution in [0, 0.1) is 0 Å². The number of rotatable bonds is 7. The molecule has 0 bridgehead atoms. The number of hydrogen-bond acceptors (Lipinski definition) is 7. The first-order valence-electron chi connectivity index (χ1n) is 9.62. The second kappa shape index (κ2) is 8.32. The van der Waals surface area contributed by atoms with Crippen LogP contribution in [0.15, 0.2) is 60.1 Å². The smallest absolute Gasteiger partial charge is 0.355 e. The number of hydrogen-bond donors (Lipinski definition) is 1. The normalized spacial score (nSPS) is 18.0. The summed E-state index contributed by atoms with van der Waals surface area (Å²) in [6.07, 6.45) is 5.14. The van der Waals surface area contributed by atoms with Gasteiger partial charge in [-0.2, -0.15) is 5.10 Å². The van der Waals surface area contributed by atoms with E-state index in [1.807, 2.05) is 30.3 Å². The maximum atomic E-state index is 12.7. The summed E-state index contributed by atoms with van der Waals surface area (Å²) in [5.41, 5.74) is -0.440. The number of benzene rings is 1. The summed E-state index contributed by atoms with van der Waals surface area (Å²) >= 11 is 0. The maximum absolute atomic E-state index is 12.7. The highest BCUT2D eigenvalue weighted by molar-refractivity contribution is 6.06. The summed E-state index contributed by atoms with van der Waals surface area (Å²) in [6.45, 7) is 2.24. The molecule has 1 aliphatic heterocycles. The van der Waals surface area contributed by atoms with E-state index in [1.54, 1.807) is 36.3 Å². The number of carbonyl (C=O) groups excluding carboxylic acids is 2. The van der Waals surface area contributed by atoms with Crippen LogP contribution in [0.25, 0.3) is 10.8 Å². The molecule has 0 aliphatic carbocycles. The lowest BCUT2D eigenvalue weighted by Gasteiger charge is -2.24. The van der Waals surface area contributed by atoms with Crippen LogP contribution >= 0.6 is 0 Å². The molecule has 30 heavy (non-hydrogen) atoms. The molecule has 154 valence electrons. The van der Waals surface area contributed by atoms with Crippen molar-refractivity contribution >= 4 is 28.4 Å². The van der Waals surface area contributed by atoms with Gasteiger partial charge in [-0.25, -0.2) is 4.79 Å². The van der Waals surface area contributed by atoms with Gasteiger partial charge in [-0.15, -0.1) is 0 Å². The monoisotopic (exact) mass is 407 g/mol. The Morgan fingerprint density at radius 1 is 1.23 bits per heavy atom. The molecule has 3 aromatic rings. The summed E-state index contributed by atoms with van der Waals surface area (Å²) < 4.78 is 6.78. The van der Waals surface area contributed by atoms with E-state index in [2.05, 4.69) is 20.6 Å². The highest BCUT2D eigenvalue weighted by Gasteiger charge is 2.48. The van der Waals surface area contributed by atoms with Crippen molar-refractivity contribution in [3.05, 3.63) is 60.7 Å². The number of pyridine rings is 1. The molecule has 4 rings (SSSR count). The zero-order chi connectivity index (χ0) is 21.0. The van der Waals surface area contributed by atoms with Gasteiger partial charge in [0.1, 0.15) is 5.69 Å². The third-order valence-corrected chi connectivity index (χ3v) is 4.80. The number of carbonyl (C=O) groups is 2. The van der Waals surface area contributed by atoms with Crippen molar-refractivity contribution in [2.24, 2.45) is 5.16 Å². The Kier molecular flexibility index (Phi) is 5.42. The zero-order valence-corrected chi connectivity index (χ0v) is 16.4. The first kappa shape index (κ1) is 19.6. The van der Waals surface area contributed by atoms with E-state index in [-0.39, 0.29) is 32.0 Å². The van der Waals surface area contributed by atoms with Crippen LogP contribution in [0.1, 0.15) is 23.8 Å². The topological polar surface area (TPSA) is 108 Å². The van der Waals surface area contributed by atoms with Gasteiger partial charge in [-0.05, 0) is 24.4 Å². The molecule has 1 amide bonds. The van der Waals surface area contributed by atoms with Crippen molar-refractivity contribution in [2.75, 3.05) is 13.2 Å². The van der Waals surface area contributed by atoms with Crippen LogP contribution in [0.4, 0.5) is 0 Å². The van der Waals surface area contributed by atoms with E-state index in [0.717, 1.165) is 10.8 Å². The van der Waals surface area contributed by atoms with E-state index >= 15 is 0 Å². The molecule has 9 heteroatoms. The van der Waals surface area contributed by atoms with Crippen LogP contribution in [0.3, 0.4) is 0 Å². The number of nitrogens with one attached hydrogen (secondary N) is 1. The van der Waals surface area contributed by atoms with E-state index in [1.165, 1.54) is 0 Å². The Labute approximate surface area is 172 Å². The van der Waals surface area contributed by atoms with Gasteiger partial charge >= 0.3 is 5.97 Å². The Morgan fingerprint density at radius 3 is 2.90 bits per heavy atom. The molecule has 0 radical (unpaired) electrons. The van der Waals surface area contributed by atoms with Gasteiger partial charge in [0.25, 0.3) is 11.5 Å². The molecule has 0 fully saturated rings. The molecule has 1 unspecified atom stereocenters. The Bertz CT molecular complexity index is 1090. The summed E-state index contributed by atoms with van der Waals surface area (Å²) in [7, 11) is 0. The number of amides is 1. The number of oxime groups is 1. The van der Waals surface area contributed by atoms with Crippen LogP contribution in [-0.2, 0) is 20.9 Å². The van der Waals surface area contributed by atoms with Gasteiger partial charge in [0, 0.05) is 30.4 Å². The predicted octanol–water partition coefficient (Wildman–Crippen LogP) is 1.94. The minimum Gasteiger partial charge on any atom is -0.463 e. The van der Waals surface area contributed by atoms with Gasteiger partial charge in [0.05, 0.1) is 25.4 Å². The second-order valence-electron chi connectivity index (χ2n) is 6.91. The second-order valence-corrected chi connectivity index (χ2v) is 6.91. The fraction of sp³-hybridized carbons (Fsp3) is 0.286. The Hall–Kier alpha value is -3.75. The highest BCUT2D eigenvalue weighted by atomic mass is 16.7. The van der Waals surface area contributed by atoms with Crippen LogP contribution in [0.2, 0.25) is 0 Å². The SMILES string of the molecule is CCOC(=O)C1(Cn2cccn2)CC(CNC(=O)c2nccc3ccccc23)=NO1. The minimum absolute atomic E-state index is 0.129. The van der Waals surface area contributed by atoms with Crippen LogP contribution < -0.4 is 5.32 Å². The van der Waals surface area contributed by atoms with Crippen molar-refractivity contribution in [3.63, 3.8) is 0 Å². The summed E-state index contributed by atoms with van der Waals surface area (Å²) in [5.74, 6) is -0.837. The predicted molar refractivity (Wildman–Crippen MR) is 109 cm³/mol. The average Bonchev–Trinajstić information content (AvgIpc) is 3.43. The number of nitrogens with zero attached hydrogens (tertiary/aromatic N) is 4. The summed E-state index contributed by atoms with van der Waals surface area (Å²) in [4.78, 5) is 35.0. The zero-order valence-electron chi connectivity index (χ0n) is 16.4. The quantitative estimate of drug-likeness (QED) is 0.600. The van der Waals surface area contributed by atoms with Gasteiger partial charge in [0.15, 0.2) is 0 Å². The summed E-state index contributed by atoms with van der Waals surface area (Å²) in [5, 5.41) is 12.7. The number of ether oxygens (including phenoxy) is 1. The molecule has 9 nitrogen and oxygen atoms in total. The lowest BCUT2D eigenvalue weighted by atomic mass is 9.97. The van der Waals surface area contributed by atoms with Crippen molar-refractivity contribution in [3.8, 4) is 0 Å². The molecule has 1 atom stereocenters. The van der Waals surface area contributed by atoms with Crippen molar-refractivity contribution < 1.29 is 19.2 Å². The van der Waals surface area contributed by atoms with E-state index in [4.69, 9.17) is 9.57 Å². The van der Waals surface area contributed by atoms with Crippen molar-refractivity contribution in [2.45, 2.75) is 25.5 Å². The molecule has 1 N–H and O–H groups in total. The number of esters is 1. The van der Waals surface area contributed by atoms with Crippen LogP contribution in [0.5, 0.6) is 0 Å². The van der Waals surface area contributed by atoms with Crippen molar-refractivity contribution in [1.82, 2.24) is 20.1 Å². The van der Waals surface area contributed by atoms with E-state index in [0.29, 0.717) is 11.4 Å². The molecule has 0 spiro atoms. The largest absolute Gasteiger partial charge is 0.463 e. The fourth-order valence-electron chi connectivity index (χ4n) is 3.38. The standard InChI is InChI=1S/C21H21N5O4/c1-2-29-20(28)21(14-26-11-5-9-24-26)12-16(25-30-21)13-23-19(27)18-17-7-4-3-6-15(17)8-10-22-18/h3-11H,2,12-14H2,1H3,(H,23,27). The van der Waals surface area contributed by atoms with E-state index < -0.39 is 11.6 Å². The van der Waals surface area contributed by atoms with Crippen molar-refractivity contribution in [1.29, 1.82) is 0 Å². The lowest BCUT2D eigenvalue weighted by Crippen LogP contribution is -2.45. The number of aromatic nitrogens is 3. The maximum Gasteiger partial charge on any atom is 0.355 e. The molecule has 2 aromatic heterocycles. The first-order chi connectivity index (χ1) is 14.6. The van der Waals surface area contributed by atoms with Crippen LogP contribution in [-0.4, -0.2) is 51.1 Å². The molecule has 0 saturated heterocycles. The molecular formula is C21H21N5O4. The first-order valence-corrected chi connectivity index (χ1v) is 9.62. The minimum atomic E-state index is -1.31. The van der Waals surface area contributed by atoms with E-state index in [9.17, 15) is 9.59 Å². The van der Waals surface area contributed by atoms with Gasteiger partial charge in [-0.3, -0.25) is 14.5 Å². The fourth-order valence-corrected chi connectivity index (χ4v) is 3.38. The molecule has 3 heterocycles. The average molecular weight is 407 g/mol. The molecule has 0 saturated carbocycles. The molecular weight excluding hydrogens is 386 g/mol. The Balaban J connectivity index is 1.45. The third kappa shape index (κ3) is 3.86. The number of fused-ring (bicyclic) bond motifs is 1. The summed E-state index contributed by atoms with van der Waals surface area (Å²) in [6, 6.07) is 11.1. The van der Waals surface area contributed by atoms with Gasteiger partial charge < -0.3 is 14.9 Å². The van der Waals surface area contributed by atoms with Gasteiger partial charge in [0.2, 0.25) is 0 Å². The molecule has 1 aliphatic rings.